The van der Waals surface area contributed by atoms with Gasteiger partial charge in [0.2, 0.25) is 0 Å². The first-order valence-corrected chi connectivity index (χ1v) is 7.71. The first-order chi connectivity index (χ1) is 9.49. The van der Waals surface area contributed by atoms with Crippen molar-refractivity contribution in [3.8, 4) is 5.75 Å². The molecule has 1 rings (SSSR count). The minimum absolute atomic E-state index is 0.115. The van der Waals surface area contributed by atoms with E-state index in [2.05, 4.69) is 28.2 Å². The molecule has 0 aliphatic carbocycles. The van der Waals surface area contributed by atoms with Gasteiger partial charge in [-0.2, -0.15) is 0 Å². The van der Waals surface area contributed by atoms with Crippen LogP contribution in [0.25, 0.3) is 0 Å². The number of rotatable bonds is 8. The normalized spacial score (nSPS) is 13.8. The van der Waals surface area contributed by atoms with Crippen LogP contribution in [-0.4, -0.2) is 23.7 Å². The van der Waals surface area contributed by atoms with Crippen LogP contribution in [0.2, 0.25) is 0 Å². The number of hydrogen-bond donors (Lipinski definition) is 2. The Kier molecular flexibility index (Phi) is 7.02. The molecule has 20 heavy (non-hydrogen) atoms. The summed E-state index contributed by atoms with van der Waals surface area (Å²) in [5.41, 5.74) is 0.973. The summed E-state index contributed by atoms with van der Waals surface area (Å²) >= 11 is 3.40. The first-order valence-electron chi connectivity index (χ1n) is 6.91. The van der Waals surface area contributed by atoms with E-state index in [1.165, 1.54) is 0 Å². The highest BCUT2D eigenvalue weighted by Gasteiger charge is 2.20. The van der Waals surface area contributed by atoms with E-state index < -0.39 is 12.1 Å². The van der Waals surface area contributed by atoms with Gasteiger partial charge in [-0.25, -0.2) is 4.79 Å². The van der Waals surface area contributed by atoms with E-state index in [9.17, 15) is 4.79 Å². The summed E-state index contributed by atoms with van der Waals surface area (Å²) in [4.78, 5) is 11.1. The molecule has 0 amide bonds. The Labute approximate surface area is 128 Å². The second-order valence-corrected chi connectivity index (χ2v) is 5.63. The Morgan fingerprint density at radius 1 is 1.45 bits per heavy atom. The maximum atomic E-state index is 11.1. The first kappa shape index (κ1) is 17.0. The number of carbonyl (C=O) groups is 1. The highest BCUT2D eigenvalue weighted by Crippen LogP contribution is 2.30. The van der Waals surface area contributed by atoms with Gasteiger partial charge in [0.25, 0.3) is 0 Å². The Bertz CT molecular complexity index is 451. The van der Waals surface area contributed by atoms with Gasteiger partial charge in [0.1, 0.15) is 5.75 Å². The lowest BCUT2D eigenvalue weighted by Gasteiger charge is -2.21. The lowest BCUT2D eigenvalue weighted by molar-refractivity contribution is -0.145. The van der Waals surface area contributed by atoms with Crippen LogP contribution in [0.15, 0.2) is 22.7 Å². The minimum Gasteiger partial charge on any atom is -0.479 e. The van der Waals surface area contributed by atoms with Crippen LogP contribution in [0.1, 0.15) is 45.2 Å². The van der Waals surface area contributed by atoms with Crippen LogP contribution in [0.4, 0.5) is 0 Å². The van der Waals surface area contributed by atoms with Crippen LogP contribution < -0.4 is 10.1 Å². The highest BCUT2D eigenvalue weighted by atomic mass is 79.9. The average molecular weight is 344 g/mol. The van der Waals surface area contributed by atoms with Crippen molar-refractivity contribution >= 4 is 21.9 Å². The fraction of sp³-hybridized carbons (Fsp3) is 0.533. The summed E-state index contributed by atoms with van der Waals surface area (Å²) in [6, 6.07) is 5.84. The number of hydrogen-bond acceptors (Lipinski definition) is 3. The summed E-state index contributed by atoms with van der Waals surface area (Å²) in [5.74, 6) is -0.322. The van der Waals surface area contributed by atoms with Crippen molar-refractivity contribution in [2.45, 2.75) is 45.8 Å². The molecule has 0 bridgehead atoms. The number of ether oxygens (including phenoxy) is 1. The third-order valence-electron chi connectivity index (χ3n) is 3.06. The number of carboxylic acids is 1. The van der Waals surface area contributed by atoms with Crippen LogP contribution >= 0.6 is 15.9 Å². The molecule has 1 aromatic rings. The summed E-state index contributed by atoms with van der Waals surface area (Å²) in [7, 11) is 0. The lowest BCUT2D eigenvalue weighted by atomic mass is 10.1. The summed E-state index contributed by atoms with van der Waals surface area (Å²) in [6.45, 7) is 6.87. The molecule has 2 N–H and O–H groups in total. The van der Waals surface area contributed by atoms with Gasteiger partial charge in [-0.15, -0.1) is 0 Å². The Morgan fingerprint density at radius 2 is 2.15 bits per heavy atom. The Balaban J connectivity index is 2.97. The number of halogens is 1. The van der Waals surface area contributed by atoms with Crippen molar-refractivity contribution in [2.24, 2.45) is 0 Å². The van der Waals surface area contributed by atoms with E-state index in [0.29, 0.717) is 12.2 Å². The fourth-order valence-electron chi connectivity index (χ4n) is 1.90. The van der Waals surface area contributed by atoms with E-state index in [0.717, 1.165) is 23.0 Å². The van der Waals surface area contributed by atoms with Gasteiger partial charge in [-0.05, 0) is 38.4 Å². The molecule has 0 aliphatic heterocycles. The number of benzene rings is 1. The van der Waals surface area contributed by atoms with Crippen molar-refractivity contribution < 1.29 is 14.6 Å². The topological polar surface area (TPSA) is 58.6 Å². The molecule has 0 radical (unpaired) electrons. The summed E-state index contributed by atoms with van der Waals surface area (Å²) < 4.78 is 6.54. The second-order valence-electron chi connectivity index (χ2n) is 4.71. The van der Waals surface area contributed by atoms with Crippen molar-refractivity contribution in [3.05, 3.63) is 28.2 Å². The molecule has 112 valence electrons. The summed E-state index contributed by atoms with van der Waals surface area (Å²) in [5, 5.41) is 12.5. The van der Waals surface area contributed by atoms with Gasteiger partial charge >= 0.3 is 5.97 Å². The Hall–Kier alpha value is -1.07. The van der Waals surface area contributed by atoms with Gasteiger partial charge in [0.15, 0.2) is 6.10 Å². The van der Waals surface area contributed by atoms with E-state index >= 15 is 0 Å². The second kappa shape index (κ2) is 8.27. The zero-order valence-corrected chi connectivity index (χ0v) is 13.7. The molecule has 5 heteroatoms. The molecule has 4 nitrogen and oxygen atoms in total. The minimum atomic E-state index is -0.937. The molecule has 2 atom stereocenters. The third-order valence-corrected chi connectivity index (χ3v) is 3.55. The zero-order chi connectivity index (χ0) is 15.1. The molecule has 0 heterocycles. The predicted molar refractivity (Wildman–Crippen MR) is 83.2 cm³/mol. The molecule has 1 aromatic carbocycles. The molecular formula is C15H22BrNO3. The van der Waals surface area contributed by atoms with Gasteiger partial charge in [-0.3, -0.25) is 0 Å². The monoisotopic (exact) mass is 343 g/mol. The van der Waals surface area contributed by atoms with Crippen LogP contribution in [-0.2, 0) is 4.79 Å². The molecule has 0 aliphatic rings. The standard InChI is InChI=1S/C15H22BrNO3/c1-4-8-17-10(3)12-7-6-11(16)9-14(12)20-13(5-2)15(18)19/h6-7,9-10,13,17H,4-5,8H2,1-3H3,(H,18,19). The number of nitrogens with one attached hydrogen (secondary N) is 1. The summed E-state index contributed by atoms with van der Waals surface area (Å²) in [6.07, 6.45) is 0.656. The maximum absolute atomic E-state index is 11.1. The van der Waals surface area contributed by atoms with Crippen LogP contribution in [0.3, 0.4) is 0 Å². The van der Waals surface area contributed by atoms with Gasteiger partial charge < -0.3 is 15.2 Å². The van der Waals surface area contributed by atoms with Crippen molar-refractivity contribution in [2.75, 3.05) is 6.54 Å². The quantitative estimate of drug-likeness (QED) is 0.754. The molecule has 0 saturated carbocycles. The van der Waals surface area contributed by atoms with Crippen LogP contribution in [0.5, 0.6) is 5.75 Å². The van der Waals surface area contributed by atoms with E-state index in [-0.39, 0.29) is 6.04 Å². The maximum Gasteiger partial charge on any atom is 0.344 e. The van der Waals surface area contributed by atoms with Crippen molar-refractivity contribution in [1.29, 1.82) is 0 Å². The Morgan fingerprint density at radius 3 is 2.70 bits per heavy atom. The lowest BCUT2D eigenvalue weighted by Crippen LogP contribution is -2.27. The molecule has 2 unspecified atom stereocenters. The van der Waals surface area contributed by atoms with Gasteiger partial charge in [-0.1, -0.05) is 35.8 Å². The number of aliphatic carboxylic acids is 1. The largest absolute Gasteiger partial charge is 0.479 e. The van der Waals surface area contributed by atoms with Gasteiger partial charge in [0, 0.05) is 16.1 Å². The SMILES string of the molecule is CCCNC(C)c1ccc(Br)cc1OC(CC)C(=O)O. The van der Waals surface area contributed by atoms with E-state index in [1.807, 2.05) is 25.1 Å². The highest BCUT2D eigenvalue weighted by molar-refractivity contribution is 9.10. The van der Waals surface area contributed by atoms with E-state index in [1.54, 1.807) is 6.92 Å². The smallest absolute Gasteiger partial charge is 0.344 e. The predicted octanol–water partition coefficient (Wildman–Crippen LogP) is 3.75. The molecule has 0 fully saturated rings. The van der Waals surface area contributed by atoms with Crippen LogP contribution in [0, 0.1) is 0 Å². The van der Waals surface area contributed by atoms with Crippen molar-refractivity contribution in [1.82, 2.24) is 5.32 Å². The van der Waals surface area contributed by atoms with Crippen molar-refractivity contribution in [3.63, 3.8) is 0 Å². The zero-order valence-electron chi connectivity index (χ0n) is 12.1. The molecule has 0 aromatic heterocycles. The molecule has 0 saturated heterocycles. The molecular weight excluding hydrogens is 322 g/mol. The van der Waals surface area contributed by atoms with Gasteiger partial charge in [0.05, 0.1) is 0 Å². The third kappa shape index (κ3) is 4.80. The average Bonchev–Trinajstić information content (AvgIpc) is 2.41. The van der Waals surface area contributed by atoms with E-state index in [4.69, 9.17) is 9.84 Å². The molecule has 0 spiro atoms. The fourth-order valence-corrected chi connectivity index (χ4v) is 2.24. The number of carboxylic acid groups (broad SMARTS) is 1.